The van der Waals surface area contributed by atoms with Gasteiger partial charge in [-0.05, 0) is 53.6 Å². The Labute approximate surface area is 152 Å². The molecule has 0 fully saturated rings. The number of nitrogens with zero attached hydrogens (tertiary/aromatic N) is 4. The number of methoxy groups -OCH3 is 1. The first-order valence-electron chi connectivity index (χ1n) is 7.62. The number of aryl methyl sites for hydroxylation is 1. The first-order chi connectivity index (χ1) is 12.5. The van der Waals surface area contributed by atoms with Gasteiger partial charge >= 0.3 is 0 Å². The number of halogens is 3. The van der Waals surface area contributed by atoms with E-state index in [0.29, 0.717) is 45.9 Å². The predicted molar refractivity (Wildman–Crippen MR) is 91.9 cm³/mol. The summed E-state index contributed by atoms with van der Waals surface area (Å²) in [6.45, 7) is 1.96. The van der Waals surface area contributed by atoms with Crippen molar-refractivity contribution in [1.29, 1.82) is 0 Å². The van der Waals surface area contributed by atoms with Crippen molar-refractivity contribution < 1.29 is 17.9 Å². The summed E-state index contributed by atoms with van der Waals surface area (Å²) in [6.07, 6.45) is 0. The number of thioether (sulfide) groups is 1. The Balaban J connectivity index is 1.79. The maximum atomic E-state index is 13.4. The molecule has 0 spiro atoms. The van der Waals surface area contributed by atoms with Crippen LogP contribution in [0.3, 0.4) is 0 Å². The molecule has 0 saturated heterocycles. The maximum absolute atomic E-state index is 13.4. The first kappa shape index (κ1) is 18.2. The molecule has 0 radical (unpaired) electrons. The van der Waals surface area contributed by atoms with E-state index in [9.17, 15) is 13.2 Å². The van der Waals surface area contributed by atoms with Gasteiger partial charge in [-0.2, -0.15) is 13.6 Å². The third kappa shape index (κ3) is 4.16. The number of alkyl halides is 2. The van der Waals surface area contributed by atoms with Crippen LogP contribution < -0.4 is 4.74 Å². The van der Waals surface area contributed by atoms with Crippen molar-refractivity contribution in [2.24, 2.45) is 0 Å². The molecule has 0 aliphatic rings. The van der Waals surface area contributed by atoms with Gasteiger partial charge in [0.25, 0.3) is 5.76 Å². The number of rotatable bonds is 6. The van der Waals surface area contributed by atoms with E-state index in [-0.39, 0.29) is 5.82 Å². The van der Waals surface area contributed by atoms with Crippen LogP contribution in [0, 0.1) is 12.7 Å². The summed E-state index contributed by atoms with van der Waals surface area (Å²) in [5.74, 6) is -2.07. The van der Waals surface area contributed by atoms with Gasteiger partial charge in [-0.3, -0.25) is 0 Å². The third-order valence-corrected chi connectivity index (χ3v) is 4.41. The highest BCUT2D eigenvalue weighted by atomic mass is 32.2. The third-order valence-electron chi connectivity index (χ3n) is 3.64. The van der Waals surface area contributed by atoms with Gasteiger partial charge in [0.15, 0.2) is 0 Å². The van der Waals surface area contributed by atoms with E-state index in [1.165, 1.54) is 18.0 Å². The lowest BCUT2D eigenvalue weighted by Crippen LogP contribution is -2.04. The highest BCUT2D eigenvalue weighted by Gasteiger charge is 2.13. The molecule has 0 saturated carbocycles. The van der Waals surface area contributed by atoms with Crippen molar-refractivity contribution in [3.8, 4) is 17.1 Å². The van der Waals surface area contributed by atoms with Crippen molar-refractivity contribution in [3.05, 3.63) is 53.3 Å². The molecule has 0 unspecified atom stereocenters. The van der Waals surface area contributed by atoms with Gasteiger partial charge in [0.2, 0.25) is 5.82 Å². The van der Waals surface area contributed by atoms with E-state index in [2.05, 4.69) is 15.4 Å². The van der Waals surface area contributed by atoms with Crippen molar-refractivity contribution in [1.82, 2.24) is 20.2 Å². The molecule has 0 amide bonds. The number of tetrazole rings is 1. The second-order valence-electron chi connectivity index (χ2n) is 5.47. The van der Waals surface area contributed by atoms with Gasteiger partial charge in [0.1, 0.15) is 11.6 Å². The van der Waals surface area contributed by atoms with E-state index in [1.807, 2.05) is 0 Å². The molecule has 1 aromatic heterocycles. The summed E-state index contributed by atoms with van der Waals surface area (Å²) in [6, 6.07) is 9.54. The summed E-state index contributed by atoms with van der Waals surface area (Å²) >= 11 is 0.429. The molecule has 0 aliphatic carbocycles. The SMILES string of the molecule is COc1cc(Cn2nnc(-c3ccc(F)c(C)c3)n2)ccc1SC(F)F. The summed E-state index contributed by atoms with van der Waals surface area (Å²) < 4.78 is 43.6. The Kier molecular flexibility index (Phi) is 5.46. The molecule has 3 aromatic rings. The molecule has 9 heteroatoms. The molecule has 3 rings (SSSR count). The van der Waals surface area contributed by atoms with Crippen LogP contribution in [0.5, 0.6) is 5.75 Å². The lowest BCUT2D eigenvalue weighted by Gasteiger charge is -2.09. The monoisotopic (exact) mass is 380 g/mol. The Morgan fingerprint density at radius 2 is 2.00 bits per heavy atom. The standard InChI is InChI=1S/C17H15F3N4OS/c1-10-7-12(4-5-13(10)18)16-21-23-24(22-16)9-11-3-6-15(26-17(19)20)14(8-11)25-2/h3-8,17H,9H2,1-2H3. The molecule has 26 heavy (non-hydrogen) atoms. The van der Waals surface area contributed by atoms with Crippen LogP contribution in [0.2, 0.25) is 0 Å². The van der Waals surface area contributed by atoms with Gasteiger partial charge in [-0.15, -0.1) is 10.2 Å². The Morgan fingerprint density at radius 1 is 1.19 bits per heavy atom. The quantitative estimate of drug-likeness (QED) is 0.601. The van der Waals surface area contributed by atoms with Gasteiger partial charge in [-0.1, -0.05) is 17.8 Å². The van der Waals surface area contributed by atoms with Gasteiger partial charge in [-0.25, -0.2) is 4.39 Å². The molecule has 0 N–H and O–H groups in total. The number of hydrogen-bond donors (Lipinski definition) is 0. The van der Waals surface area contributed by atoms with Gasteiger partial charge in [0.05, 0.1) is 18.6 Å². The molecule has 0 bridgehead atoms. The Hall–Kier alpha value is -2.55. The minimum Gasteiger partial charge on any atom is -0.496 e. The smallest absolute Gasteiger partial charge is 0.289 e. The minimum absolute atomic E-state index is 0.295. The highest BCUT2D eigenvalue weighted by molar-refractivity contribution is 7.99. The summed E-state index contributed by atoms with van der Waals surface area (Å²) in [5, 5.41) is 12.2. The second kappa shape index (κ2) is 7.77. The number of benzene rings is 2. The van der Waals surface area contributed by atoms with Crippen molar-refractivity contribution in [3.63, 3.8) is 0 Å². The van der Waals surface area contributed by atoms with Crippen LogP contribution in [0.25, 0.3) is 11.4 Å². The van der Waals surface area contributed by atoms with E-state index in [4.69, 9.17) is 4.74 Å². The average Bonchev–Trinajstić information content (AvgIpc) is 3.06. The molecule has 0 atom stereocenters. The summed E-state index contributed by atoms with van der Waals surface area (Å²) in [5.41, 5.74) is 1.94. The zero-order valence-corrected chi connectivity index (χ0v) is 14.8. The predicted octanol–water partition coefficient (Wildman–Crippen LogP) is 4.16. The van der Waals surface area contributed by atoms with E-state index in [0.717, 1.165) is 5.56 Å². The van der Waals surface area contributed by atoms with Crippen LogP contribution in [0.15, 0.2) is 41.3 Å². The zero-order valence-electron chi connectivity index (χ0n) is 14.0. The maximum Gasteiger partial charge on any atom is 0.289 e. The lowest BCUT2D eigenvalue weighted by molar-refractivity contribution is 0.251. The highest BCUT2D eigenvalue weighted by Crippen LogP contribution is 2.34. The molecule has 0 aliphatic heterocycles. The Bertz CT molecular complexity index is 917. The molecular weight excluding hydrogens is 365 g/mol. The normalized spacial score (nSPS) is 11.2. The van der Waals surface area contributed by atoms with Crippen molar-refractivity contribution in [2.75, 3.05) is 7.11 Å². The zero-order chi connectivity index (χ0) is 18.7. The fraction of sp³-hybridized carbons (Fsp3) is 0.235. The van der Waals surface area contributed by atoms with Gasteiger partial charge < -0.3 is 4.74 Å². The summed E-state index contributed by atoms with van der Waals surface area (Å²) in [7, 11) is 1.43. The fourth-order valence-electron chi connectivity index (χ4n) is 2.38. The van der Waals surface area contributed by atoms with Crippen molar-refractivity contribution in [2.45, 2.75) is 24.1 Å². The summed E-state index contributed by atoms with van der Waals surface area (Å²) in [4.78, 5) is 1.74. The van der Waals surface area contributed by atoms with E-state index in [1.54, 1.807) is 37.3 Å². The average molecular weight is 380 g/mol. The lowest BCUT2D eigenvalue weighted by atomic mass is 10.1. The van der Waals surface area contributed by atoms with Crippen LogP contribution in [-0.2, 0) is 6.54 Å². The van der Waals surface area contributed by atoms with Gasteiger partial charge in [0, 0.05) is 5.56 Å². The molecular formula is C17H15F3N4OS. The topological polar surface area (TPSA) is 52.8 Å². The molecule has 136 valence electrons. The fourth-order valence-corrected chi connectivity index (χ4v) is 2.97. The van der Waals surface area contributed by atoms with Crippen LogP contribution in [-0.4, -0.2) is 33.1 Å². The Morgan fingerprint density at radius 3 is 2.69 bits per heavy atom. The second-order valence-corrected chi connectivity index (χ2v) is 6.50. The van der Waals surface area contributed by atoms with Crippen LogP contribution >= 0.6 is 11.8 Å². The van der Waals surface area contributed by atoms with E-state index >= 15 is 0 Å². The van der Waals surface area contributed by atoms with Crippen LogP contribution in [0.1, 0.15) is 11.1 Å². The van der Waals surface area contributed by atoms with Crippen molar-refractivity contribution >= 4 is 11.8 Å². The van der Waals surface area contributed by atoms with E-state index < -0.39 is 5.76 Å². The number of hydrogen-bond acceptors (Lipinski definition) is 5. The first-order valence-corrected chi connectivity index (χ1v) is 8.50. The number of ether oxygens (including phenoxy) is 1. The molecule has 2 aromatic carbocycles. The van der Waals surface area contributed by atoms with Crippen LogP contribution in [0.4, 0.5) is 13.2 Å². The molecule has 1 heterocycles. The minimum atomic E-state index is -2.52. The molecule has 5 nitrogen and oxygen atoms in total. The largest absolute Gasteiger partial charge is 0.496 e. The number of aromatic nitrogens is 4.